The van der Waals surface area contributed by atoms with Crippen LogP contribution in [0.2, 0.25) is 0 Å². The van der Waals surface area contributed by atoms with Crippen LogP contribution in [-0.4, -0.2) is 18.0 Å². The zero-order chi connectivity index (χ0) is 20.0. The number of aldehydes is 1. The smallest absolute Gasteiger partial charge is 0.120 e. The van der Waals surface area contributed by atoms with E-state index < -0.39 is 0 Å². The van der Waals surface area contributed by atoms with E-state index >= 15 is 0 Å². The predicted molar refractivity (Wildman–Crippen MR) is 107 cm³/mol. The normalized spacial score (nSPS) is 16.0. The molecule has 0 aliphatic rings. The number of rotatable bonds is 6. The van der Waals surface area contributed by atoms with Gasteiger partial charge in [0.15, 0.2) is 0 Å². The molecule has 24 heavy (non-hydrogen) atoms. The molecule has 2 atom stereocenters. The van der Waals surface area contributed by atoms with E-state index in [1.165, 1.54) is 0 Å². The second kappa shape index (κ2) is 9.36. The van der Waals surface area contributed by atoms with Crippen molar-refractivity contribution in [3.63, 3.8) is 0 Å². The summed E-state index contributed by atoms with van der Waals surface area (Å²) in [4.78, 5) is 10.4. The molecule has 0 fully saturated rings. The Morgan fingerprint density at radius 1 is 0.750 bits per heavy atom. The van der Waals surface area contributed by atoms with Crippen LogP contribution in [0.1, 0.15) is 95.9 Å². The van der Waals surface area contributed by atoms with E-state index in [1.807, 2.05) is 0 Å². The van der Waals surface area contributed by atoms with Crippen LogP contribution in [0.5, 0.6) is 0 Å². The molecular weight excluding hydrogens is 296 g/mol. The van der Waals surface area contributed by atoms with Crippen LogP contribution in [0.15, 0.2) is 0 Å². The quantitative estimate of drug-likeness (QED) is 0.570. The molecule has 0 rings (SSSR count). The highest BCUT2D eigenvalue weighted by Gasteiger charge is 2.37. The average Bonchev–Trinajstić information content (AvgIpc) is 2.37. The van der Waals surface area contributed by atoms with E-state index in [9.17, 15) is 4.79 Å². The van der Waals surface area contributed by atoms with Gasteiger partial charge in [0.25, 0.3) is 0 Å². The van der Waals surface area contributed by atoms with Crippen LogP contribution in [-0.2, 0) is 4.79 Å². The number of hydrogen-bond donors (Lipinski definition) is 1. The summed E-state index contributed by atoms with van der Waals surface area (Å²) in [6, 6.07) is 0. The molecule has 0 aromatic carbocycles. The molecule has 2 heteroatoms. The maximum atomic E-state index is 10.4. The van der Waals surface area contributed by atoms with Crippen LogP contribution in [0.25, 0.3) is 0 Å². The summed E-state index contributed by atoms with van der Waals surface area (Å²) in [5.41, 5.74) is 1.07. The Bertz CT molecular complexity index is 353. The van der Waals surface area contributed by atoms with E-state index in [4.69, 9.17) is 5.11 Å². The van der Waals surface area contributed by atoms with Gasteiger partial charge in [-0.2, -0.15) is 0 Å². The molecule has 0 aromatic heterocycles. The topological polar surface area (TPSA) is 37.3 Å². The number of aliphatic hydroxyl groups is 1. The second-order valence-electron chi connectivity index (χ2n) is 10.7. The monoisotopic (exact) mass is 342 g/mol. The van der Waals surface area contributed by atoms with Gasteiger partial charge in [-0.05, 0) is 39.9 Å². The zero-order valence-corrected chi connectivity index (χ0v) is 18.7. The summed E-state index contributed by atoms with van der Waals surface area (Å²) in [7, 11) is 0. The molecular formula is C22H46O2. The first-order chi connectivity index (χ1) is 10.5. The predicted octanol–water partition coefficient (Wildman–Crippen LogP) is 6.36. The van der Waals surface area contributed by atoms with Gasteiger partial charge in [-0.3, -0.25) is 0 Å². The Kier molecular flexibility index (Phi) is 10.1. The van der Waals surface area contributed by atoms with Crippen LogP contribution in [0.3, 0.4) is 0 Å². The fraction of sp³-hybridized carbons (Fsp3) is 0.955. The Hall–Kier alpha value is -0.370. The first-order valence-corrected chi connectivity index (χ1v) is 9.51. The molecule has 0 aliphatic carbocycles. The average molecular weight is 343 g/mol. The number of aliphatic hydroxyl groups excluding tert-OH is 1. The van der Waals surface area contributed by atoms with Crippen molar-refractivity contribution in [2.45, 2.75) is 95.9 Å². The Morgan fingerprint density at radius 3 is 1.33 bits per heavy atom. The number of carbonyl (C=O) groups is 1. The van der Waals surface area contributed by atoms with E-state index in [0.29, 0.717) is 30.3 Å². The van der Waals surface area contributed by atoms with Gasteiger partial charge < -0.3 is 9.90 Å². The minimum absolute atomic E-state index is 0.216. The summed E-state index contributed by atoms with van der Waals surface area (Å²) >= 11 is 0. The molecule has 2 nitrogen and oxygen atoms in total. The van der Waals surface area contributed by atoms with E-state index in [0.717, 1.165) is 12.7 Å². The van der Waals surface area contributed by atoms with Gasteiger partial charge in [0.1, 0.15) is 6.29 Å². The van der Waals surface area contributed by atoms with E-state index in [1.54, 1.807) is 0 Å². The molecule has 0 radical (unpaired) electrons. The molecule has 146 valence electrons. The standard InChI is InChI=1S/C11H24O.C11H22O/c2*1-9(7-8-12)11(5,6)10(2,3)4/h9,12H,7-8H2,1-6H3;8-9H,7H2,1-6H3. The lowest BCUT2D eigenvalue weighted by Gasteiger charge is -2.43. The van der Waals surface area contributed by atoms with Gasteiger partial charge >= 0.3 is 0 Å². The Morgan fingerprint density at radius 2 is 1.08 bits per heavy atom. The van der Waals surface area contributed by atoms with Gasteiger partial charge in [-0.15, -0.1) is 0 Å². The summed E-state index contributed by atoms with van der Waals surface area (Å²) in [5.74, 6) is 1.03. The maximum absolute atomic E-state index is 10.4. The van der Waals surface area contributed by atoms with Crippen molar-refractivity contribution in [1.82, 2.24) is 0 Å². The fourth-order valence-corrected chi connectivity index (χ4v) is 2.47. The van der Waals surface area contributed by atoms with Crippen LogP contribution < -0.4 is 0 Å². The highest BCUT2D eigenvalue weighted by Crippen LogP contribution is 2.45. The van der Waals surface area contributed by atoms with Crippen molar-refractivity contribution in [3.8, 4) is 0 Å². The first kappa shape index (κ1) is 25.9. The maximum Gasteiger partial charge on any atom is 0.120 e. The van der Waals surface area contributed by atoms with Crippen molar-refractivity contribution < 1.29 is 9.90 Å². The third kappa shape index (κ3) is 7.25. The number of carbonyl (C=O) groups excluding carboxylic acids is 1. The number of hydrogen-bond acceptors (Lipinski definition) is 2. The summed E-state index contributed by atoms with van der Waals surface area (Å²) < 4.78 is 0. The zero-order valence-electron chi connectivity index (χ0n) is 18.7. The summed E-state index contributed by atoms with van der Waals surface area (Å²) in [5, 5.41) is 8.87. The molecule has 0 spiro atoms. The van der Waals surface area contributed by atoms with Crippen LogP contribution >= 0.6 is 0 Å². The molecule has 0 aliphatic heterocycles. The largest absolute Gasteiger partial charge is 0.396 e. The summed E-state index contributed by atoms with van der Waals surface area (Å²) in [6.45, 7) is 27.2. The molecule has 0 saturated heterocycles. The van der Waals surface area contributed by atoms with Crippen LogP contribution in [0.4, 0.5) is 0 Å². The van der Waals surface area contributed by atoms with Crippen molar-refractivity contribution in [2.75, 3.05) is 6.61 Å². The van der Waals surface area contributed by atoms with Gasteiger partial charge in [0.2, 0.25) is 0 Å². The van der Waals surface area contributed by atoms with Gasteiger partial charge in [-0.25, -0.2) is 0 Å². The second-order valence-corrected chi connectivity index (χ2v) is 10.7. The third-order valence-corrected chi connectivity index (χ3v) is 7.34. The van der Waals surface area contributed by atoms with Crippen molar-refractivity contribution >= 4 is 6.29 Å². The SMILES string of the molecule is CC(CC=O)C(C)(C)C(C)(C)C.CC(CCO)C(C)(C)C(C)(C)C. The van der Waals surface area contributed by atoms with E-state index in [-0.39, 0.29) is 16.2 Å². The van der Waals surface area contributed by atoms with Gasteiger partial charge in [0, 0.05) is 13.0 Å². The fourth-order valence-electron chi connectivity index (χ4n) is 2.47. The lowest BCUT2D eigenvalue weighted by Crippen LogP contribution is -2.36. The highest BCUT2D eigenvalue weighted by atomic mass is 16.3. The first-order valence-electron chi connectivity index (χ1n) is 9.51. The Balaban J connectivity index is 0. The Labute approximate surface area is 152 Å². The lowest BCUT2D eigenvalue weighted by atomic mass is 9.62. The van der Waals surface area contributed by atoms with Crippen molar-refractivity contribution in [3.05, 3.63) is 0 Å². The third-order valence-electron chi connectivity index (χ3n) is 7.34. The lowest BCUT2D eigenvalue weighted by molar-refractivity contribution is -0.110. The minimum Gasteiger partial charge on any atom is -0.396 e. The van der Waals surface area contributed by atoms with Gasteiger partial charge in [0.05, 0.1) is 0 Å². The molecule has 0 amide bonds. The molecule has 1 N–H and O–H groups in total. The van der Waals surface area contributed by atoms with Crippen molar-refractivity contribution in [1.29, 1.82) is 0 Å². The molecule has 2 unspecified atom stereocenters. The molecule has 0 aromatic rings. The molecule has 0 saturated carbocycles. The van der Waals surface area contributed by atoms with Crippen molar-refractivity contribution in [2.24, 2.45) is 33.5 Å². The van der Waals surface area contributed by atoms with E-state index in [2.05, 4.69) is 83.1 Å². The molecule has 0 heterocycles. The summed E-state index contributed by atoms with van der Waals surface area (Å²) in [6.07, 6.45) is 2.60. The van der Waals surface area contributed by atoms with Crippen LogP contribution in [0, 0.1) is 33.5 Å². The minimum atomic E-state index is 0.216. The highest BCUT2D eigenvalue weighted by molar-refractivity contribution is 5.49. The van der Waals surface area contributed by atoms with Gasteiger partial charge in [-0.1, -0.05) is 83.1 Å². The molecule has 0 bridgehead atoms.